The standard InChI is InChI=1S/C21H27NO3/c1-5-16-10-12-18(13-11-16)25-20(6-2)21(23)22-17-8-7-9-19(14-17)24-15(3)4/h7-15,20H,5-6H2,1-4H3,(H,22,23)/t20-/m1/s1. The number of hydrogen-bond donors (Lipinski definition) is 1. The van der Waals surface area contributed by atoms with E-state index in [0.717, 1.165) is 12.2 Å². The van der Waals surface area contributed by atoms with Gasteiger partial charge in [0.05, 0.1) is 6.10 Å². The zero-order chi connectivity index (χ0) is 18.2. The highest BCUT2D eigenvalue weighted by atomic mass is 16.5. The number of carbonyl (C=O) groups excluding carboxylic acids is 1. The minimum absolute atomic E-state index is 0.0868. The van der Waals surface area contributed by atoms with Crippen LogP contribution in [0.25, 0.3) is 0 Å². The van der Waals surface area contributed by atoms with Crippen molar-refractivity contribution in [1.82, 2.24) is 0 Å². The maximum Gasteiger partial charge on any atom is 0.265 e. The molecule has 0 aromatic heterocycles. The second kappa shape index (κ2) is 9.11. The Morgan fingerprint density at radius 3 is 2.32 bits per heavy atom. The van der Waals surface area contributed by atoms with Crippen molar-refractivity contribution in [2.75, 3.05) is 5.32 Å². The first-order valence-electron chi connectivity index (χ1n) is 8.85. The van der Waals surface area contributed by atoms with Gasteiger partial charge in [-0.2, -0.15) is 0 Å². The molecule has 4 nitrogen and oxygen atoms in total. The van der Waals surface area contributed by atoms with Gasteiger partial charge in [0, 0.05) is 11.8 Å². The van der Waals surface area contributed by atoms with E-state index in [-0.39, 0.29) is 12.0 Å². The largest absolute Gasteiger partial charge is 0.491 e. The summed E-state index contributed by atoms with van der Waals surface area (Å²) in [5, 5.41) is 2.91. The zero-order valence-electron chi connectivity index (χ0n) is 15.4. The summed E-state index contributed by atoms with van der Waals surface area (Å²) < 4.78 is 11.5. The van der Waals surface area contributed by atoms with E-state index in [2.05, 4.69) is 12.2 Å². The molecule has 2 rings (SSSR count). The molecule has 0 aliphatic carbocycles. The summed E-state index contributed by atoms with van der Waals surface area (Å²) in [5.74, 6) is 1.27. The Balaban J connectivity index is 2.01. The van der Waals surface area contributed by atoms with Crippen LogP contribution in [0.15, 0.2) is 48.5 Å². The SMILES string of the molecule is CCc1ccc(O[C@H](CC)C(=O)Nc2cccc(OC(C)C)c2)cc1. The van der Waals surface area contributed by atoms with Gasteiger partial charge < -0.3 is 14.8 Å². The predicted molar refractivity (Wildman–Crippen MR) is 101 cm³/mol. The van der Waals surface area contributed by atoms with Crippen molar-refractivity contribution in [2.24, 2.45) is 0 Å². The maximum atomic E-state index is 12.5. The molecule has 1 amide bonds. The van der Waals surface area contributed by atoms with Gasteiger partial charge in [0.15, 0.2) is 6.10 Å². The van der Waals surface area contributed by atoms with Gasteiger partial charge in [-0.25, -0.2) is 0 Å². The molecular formula is C21H27NO3. The summed E-state index contributed by atoms with van der Waals surface area (Å²) in [7, 11) is 0. The second-order valence-corrected chi connectivity index (χ2v) is 6.20. The van der Waals surface area contributed by atoms with Crippen molar-refractivity contribution in [3.63, 3.8) is 0 Å². The first-order chi connectivity index (χ1) is 12.0. The molecule has 4 heteroatoms. The smallest absolute Gasteiger partial charge is 0.265 e. The molecule has 0 saturated heterocycles. The van der Waals surface area contributed by atoms with Gasteiger partial charge in [0.2, 0.25) is 0 Å². The molecular weight excluding hydrogens is 314 g/mol. The minimum atomic E-state index is -0.540. The Bertz CT molecular complexity index is 680. The molecule has 0 spiro atoms. The monoisotopic (exact) mass is 341 g/mol. The van der Waals surface area contributed by atoms with E-state index in [9.17, 15) is 4.79 Å². The average Bonchev–Trinajstić information content (AvgIpc) is 2.59. The fourth-order valence-corrected chi connectivity index (χ4v) is 2.43. The third kappa shape index (κ3) is 5.82. The number of rotatable bonds is 8. The van der Waals surface area contributed by atoms with E-state index in [1.807, 2.05) is 69.3 Å². The number of ether oxygens (including phenoxy) is 2. The minimum Gasteiger partial charge on any atom is -0.491 e. The first kappa shape index (κ1) is 18.8. The molecule has 2 aromatic rings. The van der Waals surface area contributed by atoms with Crippen molar-refractivity contribution < 1.29 is 14.3 Å². The summed E-state index contributed by atoms with van der Waals surface area (Å²) in [5.41, 5.74) is 1.94. The number of nitrogens with one attached hydrogen (secondary N) is 1. The van der Waals surface area contributed by atoms with Gasteiger partial charge in [0.1, 0.15) is 11.5 Å². The van der Waals surface area contributed by atoms with Gasteiger partial charge in [-0.15, -0.1) is 0 Å². The van der Waals surface area contributed by atoms with Crippen LogP contribution >= 0.6 is 0 Å². The van der Waals surface area contributed by atoms with Crippen molar-refractivity contribution in [2.45, 2.75) is 52.7 Å². The van der Waals surface area contributed by atoms with Crippen LogP contribution < -0.4 is 14.8 Å². The Kier molecular flexibility index (Phi) is 6.87. The normalized spacial score (nSPS) is 11.9. The molecule has 0 saturated carbocycles. The van der Waals surface area contributed by atoms with Crippen LogP contribution in [0.2, 0.25) is 0 Å². The highest BCUT2D eigenvalue weighted by Crippen LogP contribution is 2.20. The first-order valence-corrected chi connectivity index (χ1v) is 8.85. The van der Waals surface area contributed by atoms with E-state index >= 15 is 0 Å². The van der Waals surface area contributed by atoms with E-state index in [1.54, 1.807) is 0 Å². The summed E-state index contributed by atoms with van der Waals surface area (Å²) >= 11 is 0. The highest BCUT2D eigenvalue weighted by Gasteiger charge is 2.18. The van der Waals surface area contributed by atoms with E-state index in [1.165, 1.54) is 5.56 Å². The Labute approximate surface area is 150 Å². The average molecular weight is 341 g/mol. The van der Waals surface area contributed by atoms with Crippen molar-refractivity contribution >= 4 is 11.6 Å². The van der Waals surface area contributed by atoms with Crippen molar-refractivity contribution in [3.8, 4) is 11.5 Å². The van der Waals surface area contributed by atoms with Crippen LogP contribution in [0.4, 0.5) is 5.69 Å². The van der Waals surface area contributed by atoms with Crippen molar-refractivity contribution in [1.29, 1.82) is 0 Å². The third-order valence-electron chi connectivity index (χ3n) is 3.75. The number of amides is 1. The molecule has 0 unspecified atom stereocenters. The molecule has 0 aliphatic rings. The van der Waals surface area contributed by atoms with Crippen LogP contribution in [0.3, 0.4) is 0 Å². The lowest BCUT2D eigenvalue weighted by molar-refractivity contribution is -0.122. The van der Waals surface area contributed by atoms with Crippen LogP contribution in [0, 0.1) is 0 Å². The maximum absolute atomic E-state index is 12.5. The van der Waals surface area contributed by atoms with Gasteiger partial charge in [-0.3, -0.25) is 4.79 Å². The van der Waals surface area contributed by atoms with E-state index in [0.29, 0.717) is 17.9 Å². The summed E-state index contributed by atoms with van der Waals surface area (Å²) in [6, 6.07) is 15.3. The fraction of sp³-hybridized carbons (Fsp3) is 0.381. The number of carbonyl (C=O) groups is 1. The molecule has 0 radical (unpaired) electrons. The molecule has 0 aliphatic heterocycles. The Morgan fingerprint density at radius 2 is 1.72 bits per heavy atom. The lowest BCUT2D eigenvalue weighted by Crippen LogP contribution is -2.32. The quantitative estimate of drug-likeness (QED) is 0.748. The van der Waals surface area contributed by atoms with Gasteiger partial charge in [-0.1, -0.05) is 32.0 Å². The number of benzene rings is 2. The Hall–Kier alpha value is -2.49. The fourth-order valence-electron chi connectivity index (χ4n) is 2.43. The predicted octanol–water partition coefficient (Wildman–Crippen LogP) is 4.83. The third-order valence-corrected chi connectivity index (χ3v) is 3.75. The molecule has 0 heterocycles. The van der Waals surface area contributed by atoms with Crippen LogP contribution in [-0.2, 0) is 11.2 Å². The lowest BCUT2D eigenvalue weighted by atomic mass is 10.1. The topological polar surface area (TPSA) is 47.6 Å². The molecule has 134 valence electrons. The number of anilines is 1. The second-order valence-electron chi connectivity index (χ2n) is 6.20. The molecule has 1 atom stereocenters. The van der Waals surface area contributed by atoms with Gasteiger partial charge in [-0.05, 0) is 56.5 Å². The summed E-state index contributed by atoms with van der Waals surface area (Å²) in [6.45, 7) is 7.98. The molecule has 1 N–H and O–H groups in total. The van der Waals surface area contributed by atoms with Gasteiger partial charge in [0.25, 0.3) is 5.91 Å². The highest BCUT2D eigenvalue weighted by molar-refractivity contribution is 5.94. The Morgan fingerprint density at radius 1 is 1.00 bits per heavy atom. The molecule has 25 heavy (non-hydrogen) atoms. The zero-order valence-corrected chi connectivity index (χ0v) is 15.4. The van der Waals surface area contributed by atoms with Crippen molar-refractivity contribution in [3.05, 3.63) is 54.1 Å². The molecule has 2 aromatic carbocycles. The van der Waals surface area contributed by atoms with Crippen LogP contribution in [0.5, 0.6) is 11.5 Å². The summed E-state index contributed by atoms with van der Waals surface area (Å²) in [6.07, 6.45) is 1.11. The lowest BCUT2D eigenvalue weighted by Gasteiger charge is -2.18. The number of hydrogen-bond acceptors (Lipinski definition) is 3. The van der Waals surface area contributed by atoms with Crippen LogP contribution in [0.1, 0.15) is 39.7 Å². The molecule has 0 fully saturated rings. The van der Waals surface area contributed by atoms with E-state index < -0.39 is 6.10 Å². The van der Waals surface area contributed by atoms with Gasteiger partial charge >= 0.3 is 0 Å². The summed E-state index contributed by atoms with van der Waals surface area (Å²) in [4.78, 5) is 12.5. The molecule has 0 bridgehead atoms. The van der Waals surface area contributed by atoms with Crippen LogP contribution in [-0.4, -0.2) is 18.1 Å². The number of aryl methyl sites for hydroxylation is 1. The van der Waals surface area contributed by atoms with E-state index in [4.69, 9.17) is 9.47 Å².